The molecule has 1 aromatic carbocycles. The summed E-state index contributed by atoms with van der Waals surface area (Å²) in [6, 6.07) is 4.41. The fraction of sp³-hybridized carbons (Fsp3) is 0.625. The second kappa shape index (κ2) is 6.24. The van der Waals surface area contributed by atoms with Crippen LogP contribution in [0.5, 0.6) is 5.75 Å². The van der Waals surface area contributed by atoms with E-state index in [4.69, 9.17) is 4.74 Å². The van der Waals surface area contributed by atoms with Gasteiger partial charge in [0.15, 0.2) is 0 Å². The Morgan fingerprint density at radius 3 is 2.22 bits per heavy atom. The highest BCUT2D eigenvalue weighted by atomic mass is 16.5. The van der Waals surface area contributed by atoms with Gasteiger partial charge >= 0.3 is 0 Å². The summed E-state index contributed by atoms with van der Waals surface area (Å²) >= 11 is 0. The maximum atomic E-state index is 6.00. The highest BCUT2D eigenvalue weighted by Crippen LogP contribution is 2.24. The molecule has 1 aliphatic heterocycles. The number of rotatable bonds is 4. The van der Waals surface area contributed by atoms with Crippen molar-refractivity contribution in [2.75, 3.05) is 26.2 Å². The molecule has 0 aromatic heterocycles. The molecule has 2 heteroatoms. The summed E-state index contributed by atoms with van der Waals surface area (Å²) < 4.78 is 6.00. The van der Waals surface area contributed by atoms with E-state index in [9.17, 15) is 0 Å². The van der Waals surface area contributed by atoms with Gasteiger partial charge in [-0.05, 0) is 51.2 Å². The number of hydrogen-bond donors (Lipinski definition) is 1. The summed E-state index contributed by atoms with van der Waals surface area (Å²) in [7, 11) is 0. The van der Waals surface area contributed by atoms with Crippen LogP contribution in [-0.2, 0) is 0 Å². The molecule has 0 atom stereocenters. The lowest BCUT2D eigenvalue weighted by atomic mass is 10.1. The Labute approximate surface area is 111 Å². The predicted molar refractivity (Wildman–Crippen MR) is 75.6 cm³/mol. The number of hydrogen-bond acceptors (Lipinski definition) is 1. The fourth-order valence-electron chi connectivity index (χ4n) is 2.99. The van der Waals surface area contributed by atoms with E-state index in [0.717, 1.165) is 18.9 Å². The summed E-state index contributed by atoms with van der Waals surface area (Å²) in [6.45, 7) is 11.1. The van der Waals surface area contributed by atoms with Gasteiger partial charge < -0.3 is 9.64 Å². The van der Waals surface area contributed by atoms with Crippen LogP contribution >= 0.6 is 0 Å². The monoisotopic (exact) mass is 248 g/mol. The van der Waals surface area contributed by atoms with Crippen LogP contribution in [0.2, 0.25) is 0 Å². The van der Waals surface area contributed by atoms with Crippen molar-refractivity contribution >= 4 is 0 Å². The summed E-state index contributed by atoms with van der Waals surface area (Å²) in [5, 5.41) is 0. The molecule has 0 spiro atoms. The van der Waals surface area contributed by atoms with Crippen molar-refractivity contribution in [3.63, 3.8) is 0 Å². The molecule has 0 amide bonds. The molecular formula is C16H26NO+. The lowest BCUT2D eigenvalue weighted by Gasteiger charge is -2.23. The first-order chi connectivity index (χ1) is 8.66. The Balaban J connectivity index is 1.86. The van der Waals surface area contributed by atoms with E-state index in [-0.39, 0.29) is 0 Å². The zero-order chi connectivity index (χ0) is 13.0. The molecule has 0 unspecified atom stereocenters. The van der Waals surface area contributed by atoms with E-state index >= 15 is 0 Å². The molecule has 100 valence electrons. The van der Waals surface area contributed by atoms with E-state index in [0.29, 0.717) is 0 Å². The highest BCUT2D eigenvalue weighted by molar-refractivity contribution is 5.42. The molecule has 1 aromatic rings. The minimum absolute atomic E-state index is 0.847. The van der Waals surface area contributed by atoms with Crippen molar-refractivity contribution < 1.29 is 9.64 Å². The number of quaternary nitrogens is 1. The maximum Gasteiger partial charge on any atom is 0.137 e. The molecule has 1 fully saturated rings. The van der Waals surface area contributed by atoms with Crippen LogP contribution in [0.1, 0.15) is 36.0 Å². The highest BCUT2D eigenvalue weighted by Gasteiger charge is 2.13. The molecule has 2 nitrogen and oxygen atoms in total. The van der Waals surface area contributed by atoms with Gasteiger partial charge in [0.25, 0.3) is 0 Å². The van der Waals surface area contributed by atoms with Crippen LogP contribution in [0.3, 0.4) is 0 Å². The van der Waals surface area contributed by atoms with Gasteiger partial charge in [-0.3, -0.25) is 0 Å². The molecule has 1 aliphatic rings. The van der Waals surface area contributed by atoms with Crippen molar-refractivity contribution in [1.82, 2.24) is 0 Å². The number of benzene rings is 1. The average molecular weight is 248 g/mol. The molecule has 18 heavy (non-hydrogen) atoms. The van der Waals surface area contributed by atoms with Crippen molar-refractivity contribution in [3.8, 4) is 5.75 Å². The second-order valence-corrected chi connectivity index (χ2v) is 5.64. The van der Waals surface area contributed by atoms with Crippen LogP contribution in [0.15, 0.2) is 12.1 Å². The van der Waals surface area contributed by atoms with Crippen molar-refractivity contribution in [1.29, 1.82) is 0 Å². The normalized spacial score (nSPS) is 16.8. The molecule has 1 saturated heterocycles. The van der Waals surface area contributed by atoms with Gasteiger partial charge in [0.2, 0.25) is 0 Å². The van der Waals surface area contributed by atoms with Gasteiger partial charge in [0.1, 0.15) is 18.9 Å². The zero-order valence-electron chi connectivity index (χ0n) is 12.0. The largest absolute Gasteiger partial charge is 0.487 e. The number of likely N-dealkylation sites (tertiary alicyclic amines) is 1. The lowest BCUT2D eigenvalue weighted by molar-refractivity contribution is -0.904. The predicted octanol–water partition coefficient (Wildman–Crippen LogP) is 2.06. The van der Waals surface area contributed by atoms with Gasteiger partial charge in [-0.1, -0.05) is 17.7 Å². The SMILES string of the molecule is Cc1cc(C)c(OCC[NH+]2CCCCC2)c(C)c1. The van der Waals surface area contributed by atoms with E-state index < -0.39 is 0 Å². The summed E-state index contributed by atoms with van der Waals surface area (Å²) in [5.74, 6) is 1.09. The average Bonchev–Trinajstić information content (AvgIpc) is 2.34. The van der Waals surface area contributed by atoms with Gasteiger partial charge in [0.05, 0.1) is 13.1 Å². The van der Waals surface area contributed by atoms with Gasteiger partial charge in [-0.25, -0.2) is 0 Å². The third kappa shape index (κ3) is 3.49. The second-order valence-electron chi connectivity index (χ2n) is 5.64. The van der Waals surface area contributed by atoms with Crippen molar-refractivity contribution in [2.45, 2.75) is 40.0 Å². The first kappa shape index (κ1) is 13.4. The summed E-state index contributed by atoms with van der Waals surface area (Å²) in [4.78, 5) is 1.71. The van der Waals surface area contributed by atoms with E-state index in [1.165, 1.54) is 49.0 Å². The van der Waals surface area contributed by atoms with Crippen LogP contribution in [0.25, 0.3) is 0 Å². The molecule has 0 radical (unpaired) electrons. The third-order valence-corrected chi connectivity index (χ3v) is 3.87. The molecule has 0 saturated carbocycles. The van der Waals surface area contributed by atoms with Crippen LogP contribution in [0, 0.1) is 20.8 Å². The molecule has 0 aliphatic carbocycles. The number of piperidine rings is 1. The molecular weight excluding hydrogens is 222 g/mol. The first-order valence-electron chi connectivity index (χ1n) is 7.21. The van der Waals surface area contributed by atoms with Gasteiger partial charge in [-0.2, -0.15) is 0 Å². The van der Waals surface area contributed by atoms with Gasteiger partial charge in [-0.15, -0.1) is 0 Å². The molecule has 1 heterocycles. The molecule has 0 bridgehead atoms. The molecule has 2 rings (SSSR count). The quantitative estimate of drug-likeness (QED) is 0.861. The van der Waals surface area contributed by atoms with Crippen LogP contribution < -0.4 is 9.64 Å². The fourth-order valence-corrected chi connectivity index (χ4v) is 2.99. The van der Waals surface area contributed by atoms with Crippen LogP contribution in [-0.4, -0.2) is 26.2 Å². The number of aryl methyl sites for hydroxylation is 3. The van der Waals surface area contributed by atoms with Crippen LogP contribution in [0.4, 0.5) is 0 Å². The zero-order valence-corrected chi connectivity index (χ0v) is 12.0. The third-order valence-electron chi connectivity index (χ3n) is 3.87. The summed E-state index contributed by atoms with van der Waals surface area (Å²) in [6.07, 6.45) is 4.19. The first-order valence-corrected chi connectivity index (χ1v) is 7.21. The van der Waals surface area contributed by atoms with E-state index in [2.05, 4.69) is 32.9 Å². The Morgan fingerprint density at radius 1 is 1.00 bits per heavy atom. The topological polar surface area (TPSA) is 13.7 Å². The number of nitrogens with one attached hydrogen (secondary N) is 1. The Hall–Kier alpha value is -1.02. The summed E-state index contributed by atoms with van der Waals surface area (Å²) in [5.41, 5.74) is 3.85. The Morgan fingerprint density at radius 2 is 1.61 bits per heavy atom. The van der Waals surface area contributed by atoms with Crippen molar-refractivity contribution in [3.05, 3.63) is 28.8 Å². The maximum absolute atomic E-state index is 6.00. The standard InChI is InChI=1S/C16H25NO/c1-13-11-14(2)16(15(3)12-13)18-10-9-17-7-5-4-6-8-17/h11-12H,4-10H2,1-3H3/p+1. The lowest BCUT2D eigenvalue weighted by Crippen LogP contribution is -3.13. The van der Waals surface area contributed by atoms with E-state index in [1.54, 1.807) is 4.90 Å². The molecule has 1 N–H and O–H groups in total. The minimum Gasteiger partial charge on any atom is -0.487 e. The minimum atomic E-state index is 0.847. The van der Waals surface area contributed by atoms with E-state index in [1.807, 2.05) is 0 Å². The Kier molecular flexibility index (Phi) is 4.65. The smallest absolute Gasteiger partial charge is 0.137 e. The van der Waals surface area contributed by atoms with Gasteiger partial charge in [0, 0.05) is 0 Å². The Bertz CT molecular complexity index is 371. The number of ether oxygens (including phenoxy) is 1. The van der Waals surface area contributed by atoms with Crippen molar-refractivity contribution in [2.24, 2.45) is 0 Å².